The smallest absolute Gasteiger partial charge is 0.0558 e. The van der Waals surface area contributed by atoms with Gasteiger partial charge in [0.2, 0.25) is 0 Å². The molecule has 4 nitrogen and oxygen atoms in total. The highest BCUT2D eigenvalue weighted by molar-refractivity contribution is 4.79. The zero-order chi connectivity index (χ0) is 13.2. The normalized spacial score (nSPS) is 25.8. The van der Waals surface area contributed by atoms with E-state index in [1.165, 1.54) is 45.6 Å². The Morgan fingerprint density at radius 3 is 2.39 bits per heavy atom. The number of hydrogen-bond acceptors (Lipinski definition) is 4. The van der Waals surface area contributed by atoms with Gasteiger partial charge in [0.1, 0.15) is 0 Å². The third-order valence-electron chi connectivity index (χ3n) is 3.51. The number of hydrogen-bond donors (Lipinski definition) is 2. The number of aliphatic hydroxyl groups is 1. The van der Waals surface area contributed by atoms with Crippen molar-refractivity contribution in [2.45, 2.75) is 26.7 Å². The van der Waals surface area contributed by atoms with Gasteiger partial charge >= 0.3 is 0 Å². The molecule has 2 saturated heterocycles. The molecule has 108 valence electrons. The third kappa shape index (κ3) is 6.14. The van der Waals surface area contributed by atoms with Crippen molar-refractivity contribution in [3.05, 3.63) is 0 Å². The van der Waals surface area contributed by atoms with Crippen molar-refractivity contribution in [1.29, 1.82) is 0 Å². The molecule has 0 saturated carbocycles. The van der Waals surface area contributed by atoms with E-state index in [1.807, 2.05) is 0 Å². The SMILES string of the molecule is CCC.OCCN1CC[C@H](CN2CCNCC2)C1. The van der Waals surface area contributed by atoms with Gasteiger partial charge in [-0.1, -0.05) is 20.3 Å². The summed E-state index contributed by atoms with van der Waals surface area (Å²) in [6.45, 7) is 13.7. The molecule has 2 aliphatic rings. The number of nitrogens with zero attached hydrogens (tertiary/aromatic N) is 2. The number of nitrogens with one attached hydrogen (secondary N) is 1. The van der Waals surface area contributed by atoms with Gasteiger partial charge in [0.25, 0.3) is 0 Å². The Labute approximate surface area is 112 Å². The lowest BCUT2D eigenvalue weighted by molar-refractivity contribution is 0.191. The van der Waals surface area contributed by atoms with Gasteiger partial charge in [-0.2, -0.15) is 0 Å². The van der Waals surface area contributed by atoms with Crippen molar-refractivity contribution in [1.82, 2.24) is 15.1 Å². The highest BCUT2D eigenvalue weighted by Gasteiger charge is 2.24. The Bertz CT molecular complexity index is 195. The van der Waals surface area contributed by atoms with Crippen molar-refractivity contribution in [3.63, 3.8) is 0 Å². The zero-order valence-electron chi connectivity index (χ0n) is 12.2. The molecular weight excluding hydrogens is 226 g/mol. The van der Waals surface area contributed by atoms with Crippen LogP contribution < -0.4 is 5.32 Å². The van der Waals surface area contributed by atoms with Crippen LogP contribution in [0.3, 0.4) is 0 Å². The second kappa shape index (κ2) is 9.73. The first-order chi connectivity index (χ1) is 8.80. The van der Waals surface area contributed by atoms with Crippen LogP contribution in [0.15, 0.2) is 0 Å². The quantitative estimate of drug-likeness (QED) is 0.774. The lowest BCUT2D eigenvalue weighted by atomic mass is 10.1. The molecule has 4 heteroatoms. The molecule has 0 aromatic rings. The second-order valence-corrected chi connectivity index (χ2v) is 5.44. The van der Waals surface area contributed by atoms with E-state index in [2.05, 4.69) is 29.0 Å². The standard InChI is InChI=1S/C11H23N3O.C3H8/c15-8-7-13-4-1-11(9-13)10-14-5-2-12-3-6-14;1-3-2/h11-12,15H,1-10H2;3H2,1-2H3/t11-;/m0./s1. The van der Waals surface area contributed by atoms with Gasteiger partial charge in [-0.25, -0.2) is 0 Å². The molecule has 0 bridgehead atoms. The first kappa shape index (κ1) is 15.9. The van der Waals surface area contributed by atoms with Crippen molar-refractivity contribution < 1.29 is 5.11 Å². The maximum Gasteiger partial charge on any atom is 0.0558 e. The fourth-order valence-corrected chi connectivity index (χ4v) is 2.67. The Morgan fingerprint density at radius 2 is 1.78 bits per heavy atom. The summed E-state index contributed by atoms with van der Waals surface area (Å²) in [5.41, 5.74) is 0. The minimum atomic E-state index is 0.306. The molecule has 0 aromatic carbocycles. The lowest BCUT2D eigenvalue weighted by Gasteiger charge is -2.29. The summed E-state index contributed by atoms with van der Waals surface area (Å²) in [4.78, 5) is 4.95. The highest BCUT2D eigenvalue weighted by Crippen LogP contribution is 2.17. The molecule has 1 atom stereocenters. The molecule has 0 spiro atoms. The van der Waals surface area contributed by atoms with E-state index in [1.54, 1.807) is 0 Å². The summed E-state index contributed by atoms with van der Waals surface area (Å²) >= 11 is 0. The molecular formula is C14H31N3O. The van der Waals surface area contributed by atoms with Gasteiger partial charge in [-0.15, -0.1) is 0 Å². The molecule has 0 aromatic heterocycles. The predicted molar refractivity (Wildman–Crippen MR) is 76.9 cm³/mol. The molecule has 2 heterocycles. The van der Waals surface area contributed by atoms with Gasteiger partial charge in [0.05, 0.1) is 6.61 Å². The second-order valence-electron chi connectivity index (χ2n) is 5.44. The molecule has 0 amide bonds. The van der Waals surface area contributed by atoms with Crippen LogP contribution in [0.25, 0.3) is 0 Å². The highest BCUT2D eigenvalue weighted by atomic mass is 16.3. The summed E-state index contributed by atoms with van der Waals surface area (Å²) in [7, 11) is 0. The number of rotatable bonds is 4. The number of likely N-dealkylation sites (tertiary alicyclic amines) is 1. The topological polar surface area (TPSA) is 38.7 Å². The fourth-order valence-electron chi connectivity index (χ4n) is 2.67. The molecule has 2 N–H and O–H groups in total. The van der Waals surface area contributed by atoms with Gasteiger partial charge in [0.15, 0.2) is 0 Å². The van der Waals surface area contributed by atoms with Crippen molar-refractivity contribution >= 4 is 0 Å². The van der Waals surface area contributed by atoms with E-state index in [4.69, 9.17) is 5.11 Å². The summed E-state index contributed by atoms with van der Waals surface area (Å²) in [5.74, 6) is 0.828. The molecule has 0 radical (unpaired) electrons. The Hall–Kier alpha value is -0.160. The summed E-state index contributed by atoms with van der Waals surface area (Å²) in [5, 5.41) is 12.3. The van der Waals surface area contributed by atoms with Crippen molar-refractivity contribution in [3.8, 4) is 0 Å². The third-order valence-corrected chi connectivity index (χ3v) is 3.51. The van der Waals surface area contributed by atoms with Crippen LogP contribution in [0.1, 0.15) is 26.7 Å². The predicted octanol–water partition coefficient (Wildman–Crippen LogP) is 0.622. The van der Waals surface area contributed by atoms with Crippen LogP contribution in [0.4, 0.5) is 0 Å². The Kier molecular flexibility index (Phi) is 8.59. The average Bonchev–Trinajstić information content (AvgIpc) is 2.79. The van der Waals surface area contributed by atoms with Crippen LogP contribution in [0, 0.1) is 5.92 Å². The van der Waals surface area contributed by atoms with Crippen LogP contribution in [0.5, 0.6) is 0 Å². The first-order valence-corrected chi connectivity index (χ1v) is 7.56. The first-order valence-electron chi connectivity index (χ1n) is 7.56. The molecule has 18 heavy (non-hydrogen) atoms. The average molecular weight is 257 g/mol. The summed E-state index contributed by atoms with van der Waals surface area (Å²) < 4.78 is 0. The van der Waals surface area contributed by atoms with Crippen LogP contribution >= 0.6 is 0 Å². The van der Waals surface area contributed by atoms with E-state index in [0.29, 0.717) is 6.61 Å². The maximum absolute atomic E-state index is 8.87. The van der Waals surface area contributed by atoms with Crippen molar-refractivity contribution in [2.75, 3.05) is 59.0 Å². The minimum Gasteiger partial charge on any atom is -0.395 e. The van der Waals surface area contributed by atoms with Crippen LogP contribution in [-0.4, -0.2) is 73.9 Å². The molecule has 2 rings (SSSR count). The van der Waals surface area contributed by atoms with E-state index in [0.717, 1.165) is 25.6 Å². The largest absolute Gasteiger partial charge is 0.395 e. The van der Waals surface area contributed by atoms with E-state index >= 15 is 0 Å². The Balaban J connectivity index is 0.000000492. The Morgan fingerprint density at radius 1 is 1.11 bits per heavy atom. The fraction of sp³-hybridized carbons (Fsp3) is 1.00. The van der Waals surface area contributed by atoms with Crippen molar-refractivity contribution in [2.24, 2.45) is 5.92 Å². The number of aliphatic hydroxyl groups excluding tert-OH is 1. The molecule has 0 unspecified atom stereocenters. The summed E-state index contributed by atoms with van der Waals surface area (Å²) in [6, 6.07) is 0. The number of β-amino-alcohol motifs (C(OH)–C–C–N with tert-alkyl or cyclic N) is 1. The molecule has 0 aliphatic carbocycles. The minimum absolute atomic E-state index is 0.306. The molecule has 2 fully saturated rings. The summed E-state index contributed by atoms with van der Waals surface area (Å²) in [6.07, 6.45) is 2.56. The van der Waals surface area contributed by atoms with Crippen LogP contribution in [-0.2, 0) is 0 Å². The van der Waals surface area contributed by atoms with Crippen LogP contribution in [0.2, 0.25) is 0 Å². The zero-order valence-corrected chi connectivity index (χ0v) is 12.2. The number of piperazine rings is 1. The van der Waals surface area contributed by atoms with Gasteiger partial charge in [-0.3, -0.25) is 0 Å². The van der Waals surface area contributed by atoms with Gasteiger partial charge < -0.3 is 20.2 Å². The van der Waals surface area contributed by atoms with E-state index < -0.39 is 0 Å². The lowest BCUT2D eigenvalue weighted by Crippen LogP contribution is -2.45. The molecule has 2 aliphatic heterocycles. The monoisotopic (exact) mass is 257 g/mol. The van der Waals surface area contributed by atoms with Gasteiger partial charge in [0, 0.05) is 45.8 Å². The van der Waals surface area contributed by atoms with Gasteiger partial charge in [-0.05, 0) is 18.9 Å². The van der Waals surface area contributed by atoms with E-state index in [-0.39, 0.29) is 0 Å². The van der Waals surface area contributed by atoms with E-state index in [9.17, 15) is 0 Å². The maximum atomic E-state index is 8.87.